The number of oxazole rings is 1. The Labute approximate surface area is 125 Å². The fraction of sp³-hybridized carbons (Fsp3) is 0.0667. The number of halogens is 1. The van der Waals surface area contributed by atoms with E-state index in [1.54, 1.807) is 12.4 Å². The Kier molecular flexibility index (Phi) is 3.78. The number of benzene rings is 1. The molecule has 2 aromatic heterocycles. The van der Waals surface area contributed by atoms with Crippen LogP contribution in [0.4, 0.5) is 5.69 Å². The first-order chi connectivity index (χ1) is 9.81. The second kappa shape index (κ2) is 5.88. The molecule has 0 amide bonds. The summed E-state index contributed by atoms with van der Waals surface area (Å²) in [4.78, 5) is 8.08. The number of anilines is 1. The molecule has 0 unspecified atom stereocenters. The fourth-order valence-corrected chi connectivity index (χ4v) is 2.31. The van der Waals surface area contributed by atoms with Gasteiger partial charge in [-0.1, -0.05) is 12.1 Å². The van der Waals surface area contributed by atoms with Crippen molar-refractivity contribution in [2.45, 2.75) is 6.54 Å². The summed E-state index contributed by atoms with van der Waals surface area (Å²) in [6.45, 7) is 0.715. The third kappa shape index (κ3) is 3.05. The molecule has 20 heavy (non-hydrogen) atoms. The van der Waals surface area contributed by atoms with Gasteiger partial charge in [-0.3, -0.25) is 4.98 Å². The second-order valence-electron chi connectivity index (χ2n) is 4.31. The van der Waals surface area contributed by atoms with Crippen molar-refractivity contribution >= 4 is 21.6 Å². The summed E-state index contributed by atoms with van der Waals surface area (Å²) in [5, 5.41) is 3.37. The molecule has 1 aromatic carbocycles. The van der Waals surface area contributed by atoms with Crippen LogP contribution in [-0.4, -0.2) is 9.97 Å². The second-order valence-corrected chi connectivity index (χ2v) is 5.23. The molecule has 0 aliphatic heterocycles. The summed E-state index contributed by atoms with van der Waals surface area (Å²) >= 11 is 3.42. The first-order valence-corrected chi connectivity index (χ1v) is 6.93. The minimum Gasteiger partial charge on any atom is -0.444 e. The molecule has 3 aromatic rings. The van der Waals surface area contributed by atoms with Gasteiger partial charge in [0.05, 0.1) is 6.20 Å². The standard InChI is InChI=1S/C15H12BrN3O/c16-13-4-11(6-17-8-13)7-19-14-3-1-2-12(5-14)15-9-18-10-20-15/h1-6,8-10,19H,7H2. The quantitative estimate of drug-likeness (QED) is 0.782. The van der Waals surface area contributed by atoms with Crippen LogP contribution in [-0.2, 0) is 6.54 Å². The maximum Gasteiger partial charge on any atom is 0.181 e. The lowest BCUT2D eigenvalue weighted by Gasteiger charge is -2.07. The summed E-state index contributed by atoms with van der Waals surface area (Å²) < 4.78 is 6.28. The van der Waals surface area contributed by atoms with Gasteiger partial charge in [0.1, 0.15) is 0 Å². The molecular weight excluding hydrogens is 318 g/mol. The highest BCUT2D eigenvalue weighted by Gasteiger charge is 2.02. The van der Waals surface area contributed by atoms with E-state index >= 15 is 0 Å². The van der Waals surface area contributed by atoms with Crippen molar-refractivity contribution in [3.8, 4) is 11.3 Å². The number of aromatic nitrogens is 2. The monoisotopic (exact) mass is 329 g/mol. The Morgan fingerprint density at radius 3 is 2.85 bits per heavy atom. The van der Waals surface area contributed by atoms with Gasteiger partial charge in [-0.2, -0.15) is 0 Å². The smallest absolute Gasteiger partial charge is 0.181 e. The Bertz CT molecular complexity index is 698. The van der Waals surface area contributed by atoms with Crippen molar-refractivity contribution in [3.63, 3.8) is 0 Å². The summed E-state index contributed by atoms with van der Waals surface area (Å²) in [5.41, 5.74) is 3.14. The van der Waals surface area contributed by atoms with Gasteiger partial charge in [0.25, 0.3) is 0 Å². The molecule has 0 fully saturated rings. The SMILES string of the molecule is Brc1cncc(CNc2cccc(-c3cnco3)c2)c1. The highest BCUT2D eigenvalue weighted by Crippen LogP contribution is 2.22. The van der Waals surface area contributed by atoms with E-state index in [0.717, 1.165) is 27.0 Å². The Morgan fingerprint density at radius 2 is 2.05 bits per heavy atom. The van der Waals surface area contributed by atoms with Gasteiger partial charge in [0.2, 0.25) is 0 Å². The van der Waals surface area contributed by atoms with Gasteiger partial charge in [-0.25, -0.2) is 4.98 Å². The summed E-state index contributed by atoms with van der Waals surface area (Å²) in [7, 11) is 0. The Balaban J connectivity index is 1.73. The van der Waals surface area contributed by atoms with Gasteiger partial charge in [-0.15, -0.1) is 0 Å². The first kappa shape index (κ1) is 12.9. The van der Waals surface area contributed by atoms with Crippen molar-refractivity contribution < 1.29 is 4.42 Å². The summed E-state index contributed by atoms with van der Waals surface area (Å²) in [6, 6.07) is 10.1. The average Bonchev–Trinajstić information content (AvgIpc) is 3.00. The first-order valence-electron chi connectivity index (χ1n) is 6.13. The van der Waals surface area contributed by atoms with Crippen LogP contribution in [0.2, 0.25) is 0 Å². The molecular formula is C15H12BrN3O. The number of rotatable bonds is 4. The molecule has 0 spiro atoms. The molecule has 0 bridgehead atoms. The van der Waals surface area contributed by atoms with Crippen molar-refractivity contribution in [1.29, 1.82) is 0 Å². The third-order valence-corrected chi connectivity index (χ3v) is 3.27. The molecule has 100 valence electrons. The third-order valence-electron chi connectivity index (χ3n) is 2.84. The minimum atomic E-state index is 0.715. The average molecular weight is 330 g/mol. The minimum absolute atomic E-state index is 0.715. The number of hydrogen-bond donors (Lipinski definition) is 1. The van der Waals surface area contributed by atoms with Crippen LogP contribution in [0.25, 0.3) is 11.3 Å². The van der Waals surface area contributed by atoms with E-state index in [1.807, 2.05) is 36.5 Å². The van der Waals surface area contributed by atoms with Crippen molar-refractivity contribution in [3.05, 3.63) is 65.4 Å². The van der Waals surface area contributed by atoms with E-state index in [-0.39, 0.29) is 0 Å². The van der Waals surface area contributed by atoms with E-state index < -0.39 is 0 Å². The van der Waals surface area contributed by atoms with Crippen LogP contribution in [0.1, 0.15) is 5.56 Å². The zero-order valence-electron chi connectivity index (χ0n) is 10.6. The number of hydrogen-bond acceptors (Lipinski definition) is 4. The maximum absolute atomic E-state index is 5.30. The van der Waals surface area contributed by atoms with Crippen molar-refractivity contribution in [2.75, 3.05) is 5.32 Å². The highest BCUT2D eigenvalue weighted by molar-refractivity contribution is 9.10. The van der Waals surface area contributed by atoms with E-state index in [1.165, 1.54) is 6.39 Å². The van der Waals surface area contributed by atoms with Crippen LogP contribution in [0.5, 0.6) is 0 Å². The molecule has 3 rings (SSSR count). The number of pyridine rings is 1. The van der Waals surface area contributed by atoms with Crippen LogP contribution in [0.15, 0.2) is 64.2 Å². The molecule has 4 nitrogen and oxygen atoms in total. The van der Waals surface area contributed by atoms with Gasteiger partial charge in [0.15, 0.2) is 12.2 Å². The van der Waals surface area contributed by atoms with Gasteiger partial charge >= 0.3 is 0 Å². The molecule has 0 radical (unpaired) electrons. The van der Waals surface area contributed by atoms with E-state index in [0.29, 0.717) is 6.54 Å². The Morgan fingerprint density at radius 1 is 1.10 bits per heavy atom. The normalized spacial score (nSPS) is 10.4. The predicted octanol–water partition coefficient (Wildman–Crippen LogP) is 4.11. The van der Waals surface area contributed by atoms with Crippen LogP contribution >= 0.6 is 15.9 Å². The van der Waals surface area contributed by atoms with Crippen LogP contribution in [0.3, 0.4) is 0 Å². The lowest BCUT2D eigenvalue weighted by Crippen LogP contribution is -1.99. The maximum atomic E-state index is 5.30. The van der Waals surface area contributed by atoms with Crippen LogP contribution < -0.4 is 5.32 Å². The summed E-state index contributed by atoms with van der Waals surface area (Å²) in [6.07, 6.45) is 6.76. The van der Waals surface area contributed by atoms with Gasteiger partial charge in [0, 0.05) is 34.7 Å². The van der Waals surface area contributed by atoms with Crippen molar-refractivity contribution in [2.24, 2.45) is 0 Å². The number of nitrogens with zero attached hydrogens (tertiary/aromatic N) is 2. The molecule has 0 saturated heterocycles. The predicted molar refractivity (Wildman–Crippen MR) is 81.2 cm³/mol. The highest BCUT2D eigenvalue weighted by atomic mass is 79.9. The van der Waals surface area contributed by atoms with E-state index in [9.17, 15) is 0 Å². The number of nitrogens with one attached hydrogen (secondary N) is 1. The fourth-order valence-electron chi connectivity index (χ4n) is 1.90. The largest absolute Gasteiger partial charge is 0.444 e. The lowest BCUT2D eigenvalue weighted by atomic mass is 10.1. The molecule has 0 aliphatic carbocycles. The molecule has 0 atom stereocenters. The lowest BCUT2D eigenvalue weighted by molar-refractivity contribution is 0.572. The molecule has 5 heteroatoms. The van der Waals surface area contributed by atoms with Crippen LogP contribution in [0, 0.1) is 0 Å². The summed E-state index contributed by atoms with van der Waals surface area (Å²) in [5.74, 6) is 0.762. The Hall–Kier alpha value is -2.14. The zero-order valence-corrected chi connectivity index (χ0v) is 12.2. The van der Waals surface area contributed by atoms with Gasteiger partial charge < -0.3 is 9.73 Å². The molecule has 0 aliphatic rings. The van der Waals surface area contributed by atoms with Crippen molar-refractivity contribution in [1.82, 2.24) is 9.97 Å². The van der Waals surface area contributed by atoms with Gasteiger partial charge in [-0.05, 0) is 39.7 Å². The topological polar surface area (TPSA) is 51.0 Å². The van der Waals surface area contributed by atoms with E-state index in [4.69, 9.17) is 4.42 Å². The molecule has 1 N–H and O–H groups in total. The van der Waals surface area contributed by atoms with E-state index in [2.05, 4.69) is 31.2 Å². The molecule has 0 saturated carbocycles. The molecule has 2 heterocycles. The zero-order chi connectivity index (χ0) is 13.8.